The highest BCUT2D eigenvalue weighted by Gasteiger charge is 2.38. The zero-order valence-corrected chi connectivity index (χ0v) is 13.7. The summed E-state index contributed by atoms with van der Waals surface area (Å²) in [5, 5.41) is 1.20. The first kappa shape index (κ1) is 13.9. The van der Waals surface area contributed by atoms with Gasteiger partial charge in [-0.05, 0) is 63.1 Å². The molecule has 0 spiro atoms. The van der Waals surface area contributed by atoms with Crippen molar-refractivity contribution in [3.05, 3.63) is 34.5 Å². The van der Waals surface area contributed by atoms with Crippen LogP contribution in [0, 0.1) is 26.7 Å². The van der Waals surface area contributed by atoms with Crippen molar-refractivity contribution in [1.82, 2.24) is 9.88 Å². The van der Waals surface area contributed by atoms with Crippen LogP contribution in [0.1, 0.15) is 52.9 Å². The van der Waals surface area contributed by atoms with Crippen LogP contribution in [0.25, 0.3) is 10.9 Å². The number of hydrogen-bond donors (Lipinski definition) is 1. The van der Waals surface area contributed by atoms with Crippen LogP contribution in [0.3, 0.4) is 0 Å². The number of nitrogens with zero attached hydrogens (tertiary/aromatic N) is 1. The number of rotatable bonds is 1. The number of aromatic amines is 1. The highest BCUT2D eigenvalue weighted by Crippen LogP contribution is 2.37. The lowest BCUT2D eigenvalue weighted by Gasteiger charge is -2.24. The Hall–Kier alpha value is -1.77. The Balaban J connectivity index is 1.76. The molecule has 22 heavy (non-hydrogen) atoms. The summed E-state index contributed by atoms with van der Waals surface area (Å²) < 4.78 is 0. The minimum Gasteiger partial charge on any atom is -0.350 e. The Morgan fingerprint density at radius 2 is 2.05 bits per heavy atom. The van der Waals surface area contributed by atoms with Gasteiger partial charge in [0, 0.05) is 23.5 Å². The molecule has 2 aliphatic rings. The molecule has 3 heteroatoms. The van der Waals surface area contributed by atoms with Crippen LogP contribution < -0.4 is 0 Å². The molecule has 1 aliphatic carbocycles. The monoisotopic (exact) mass is 296 g/mol. The Bertz CT molecular complexity index is 758. The van der Waals surface area contributed by atoms with E-state index in [4.69, 9.17) is 0 Å². The van der Waals surface area contributed by atoms with Gasteiger partial charge in [-0.1, -0.05) is 18.1 Å². The van der Waals surface area contributed by atoms with Crippen molar-refractivity contribution in [3.63, 3.8) is 0 Å². The number of benzene rings is 1. The number of fused-ring (bicyclic) bond motifs is 3. The summed E-state index contributed by atoms with van der Waals surface area (Å²) in [4.78, 5) is 18.6. The smallest absolute Gasteiger partial charge is 0.270 e. The van der Waals surface area contributed by atoms with Crippen molar-refractivity contribution < 1.29 is 4.79 Å². The molecular weight excluding hydrogens is 272 g/mol. The highest BCUT2D eigenvalue weighted by atomic mass is 16.2. The minimum atomic E-state index is 0.208. The van der Waals surface area contributed by atoms with E-state index in [-0.39, 0.29) is 5.91 Å². The Morgan fingerprint density at radius 1 is 1.23 bits per heavy atom. The molecule has 4 rings (SSSR count). The lowest BCUT2D eigenvalue weighted by atomic mass is 9.90. The van der Waals surface area contributed by atoms with Gasteiger partial charge in [0.2, 0.25) is 0 Å². The molecule has 1 saturated heterocycles. The van der Waals surface area contributed by atoms with Crippen molar-refractivity contribution in [2.75, 3.05) is 6.54 Å². The fraction of sp³-hybridized carbons (Fsp3) is 0.526. The zero-order valence-electron chi connectivity index (χ0n) is 13.7. The van der Waals surface area contributed by atoms with Crippen molar-refractivity contribution >= 4 is 16.8 Å². The normalized spacial score (nSPS) is 24.2. The Morgan fingerprint density at radius 3 is 2.82 bits per heavy atom. The summed E-state index contributed by atoms with van der Waals surface area (Å²) >= 11 is 0. The van der Waals surface area contributed by atoms with Gasteiger partial charge in [0.15, 0.2) is 0 Å². The van der Waals surface area contributed by atoms with Crippen molar-refractivity contribution in [1.29, 1.82) is 0 Å². The molecule has 1 amide bonds. The van der Waals surface area contributed by atoms with Crippen LogP contribution in [-0.4, -0.2) is 28.4 Å². The van der Waals surface area contributed by atoms with Gasteiger partial charge in [-0.25, -0.2) is 0 Å². The second-order valence-corrected chi connectivity index (χ2v) is 7.27. The van der Waals surface area contributed by atoms with Gasteiger partial charge in [0.05, 0.1) is 0 Å². The lowest BCUT2D eigenvalue weighted by Crippen LogP contribution is -2.35. The summed E-state index contributed by atoms with van der Waals surface area (Å²) in [7, 11) is 0. The first-order valence-electron chi connectivity index (χ1n) is 8.45. The van der Waals surface area contributed by atoms with Crippen molar-refractivity contribution in [2.45, 2.75) is 52.5 Å². The highest BCUT2D eigenvalue weighted by molar-refractivity contribution is 6.02. The topological polar surface area (TPSA) is 36.1 Å². The molecule has 2 atom stereocenters. The number of nitrogens with one attached hydrogen (secondary N) is 1. The van der Waals surface area contributed by atoms with Crippen molar-refractivity contribution in [2.24, 2.45) is 5.92 Å². The number of hydrogen-bond acceptors (Lipinski definition) is 1. The van der Waals surface area contributed by atoms with Gasteiger partial charge >= 0.3 is 0 Å². The molecule has 116 valence electrons. The molecule has 0 unspecified atom stereocenters. The molecule has 3 nitrogen and oxygen atoms in total. The number of amides is 1. The summed E-state index contributed by atoms with van der Waals surface area (Å²) in [6.07, 6.45) is 4.97. The van der Waals surface area contributed by atoms with E-state index in [1.165, 1.54) is 42.2 Å². The van der Waals surface area contributed by atoms with Gasteiger partial charge in [0.25, 0.3) is 5.91 Å². The average molecular weight is 296 g/mol. The van der Waals surface area contributed by atoms with Crippen LogP contribution >= 0.6 is 0 Å². The van der Waals surface area contributed by atoms with Crippen LogP contribution in [0.2, 0.25) is 0 Å². The van der Waals surface area contributed by atoms with E-state index in [1.54, 1.807) is 0 Å². The summed E-state index contributed by atoms with van der Waals surface area (Å²) in [5.41, 5.74) is 5.50. The number of carbonyl (C=O) groups is 1. The number of H-pyrrole nitrogens is 1. The molecule has 2 heterocycles. The van der Waals surface area contributed by atoms with Gasteiger partial charge in [-0.2, -0.15) is 0 Å². The quantitative estimate of drug-likeness (QED) is 0.844. The second-order valence-electron chi connectivity index (χ2n) is 7.27. The van der Waals surface area contributed by atoms with Crippen molar-refractivity contribution in [3.8, 4) is 0 Å². The van der Waals surface area contributed by atoms with E-state index in [2.05, 4.69) is 42.8 Å². The van der Waals surface area contributed by atoms with E-state index in [0.29, 0.717) is 6.04 Å². The van der Waals surface area contributed by atoms with Crippen LogP contribution in [0.15, 0.2) is 12.1 Å². The molecule has 2 bridgehead atoms. The molecule has 1 aromatic carbocycles. The third-order valence-electron chi connectivity index (χ3n) is 5.63. The maximum absolute atomic E-state index is 13.1. The second kappa shape index (κ2) is 4.87. The standard InChI is InChI=1S/C19H24N2O/c1-11-7-12(2)17-16(8-11)13(3)18(20-17)19(22)21-10-14-5-4-6-15(21)9-14/h7-8,14-15,20H,4-6,9-10H2,1-3H3/t14-,15+/m1/s1. The molecule has 2 aromatic rings. The fourth-order valence-electron chi connectivity index (χ4n) is 4.53. The third kappa shape index (κ3) is 1.98. The Labute approximate surface area is 131 Å². The van der Waals surface area contributed by atoms with Gasteiger partial charge < -0.3 is 9.88 Å². The fourth-order valence-corrected chi connectivity index (χ4v) is 4.53. The molecule has 1 aromatic heterocycles. The molecule has 2 fully saturated rings. The molecule has 1 saturated carbocycles. The first-order chi connectivity index (χ1) is 10.5. The summed E-state index contributed by atoms with van der Waals surface area (Å²) in [6.45, 7) is 7.26. The number of carbonyl (C=O) groups excluding carboxylic acids is 1. The third-order valence-corrected chi connectivity index (χ3v) is 5.63. The van der Waals surface area contributed by atoms with Gasteiger partial charge in [-0.3, -0.25) is 4.79 Å². The number of likely N-dealkylation sites (tertiary alicyclic amines) is 1. The van der Waals surface area contributed by atoms with E-state index in [1.807, 2.05) is 0 Å². The predicted octanol–water partition coefficient (Wildman–Crippen LogP) is 4.11. The van der Waals surface area contributed by atoms with Crippen LogP contribution in [0.4, 0.5) is 0 Å². The van der Waals surface area contributed by atoms with E-state index >= 15 is 0 Å². The first-order valence-corrected chi connectivity index (χ1v) is 8.45. The SMILES string of the molecule is Cc1cc(C)c2[nH]c(C(=O)N3C[C@@H]4CCC[C@H]3C4)c(C)c2c1. The minimum absolute atomic E-state index is 0.208. The van der Waals surface area contributed by atoms with Crippen LogP contribution in [0.5, 0.6) is 0 Å². The zero-order chi connectivity index (χ0) is 15.4. The van der Waals surface area contributed by atoms with E-state index in [0.717, 1.165) is 29.2 Å². The molecule has 1 aliphatic heterocycles. The average Bonchev–Trinajstić information content (AvgIpc) is 2.96. The van der Waals surface area contributed by atoms with Crippen LogP contribution in [-0.2, 0) is 0 Å². The van der Waals surface area contributed by atoms with Gasteiger partial charge in [-0.15, -0.1) is 0 Å². The summed E-state index contributed by atoms with van der Waals surface area (Å²) in [5.74, 6) is 0.941. The molecular formula is C19H24N2O. The molecule has 0 radical (unpaired) electrons. The maximum Gasteiger partial charge on any atom is 0.270 e. The number of aromatic nitrogens is 1. The van der Waals surface area contributed by atoms with E-state index in [9.17, 15) is 4.79 Å². The predicted molar refractivity (Wildman–Crippen MR) is 89.3 cm³/mol. The largest absolute Gasteiger partial charge is 0.350 e. The number of aryl methyl sites for hydroxylation is 3. The Kier molecular flexibility index (Phi) is 3.07. The van der Waals surface area contributed by atoms with E-state index < -0.39 is 0 Å². The summed E-state index contributed by atoms with van der Waals surface area (Å²) in [6, 6.07) is 4.84. The molecule has 1 N–H and O–H groups in total. The van der Waals surface area contributed by atoms with Gasteiger partial charge in [0.1, 0.15) is 5.69 Å². The maximum atomic E-state index is 13.1. The lowest BCUT2D eigenvalue weighted by molar-refractivity contribution is 0.0727.